The second-order valence-electron chi connectivity index (χ2n) is 2.51. The van der Waals surface area contributed by atoms with Crippen molar-refractivity contribution < 1.29 is 37.1 Å². The molecule has 89 valence electrons. The van der Waals surface area contributed by atoms with E-state index < -0.39 is 5.95 Å². The molecule has 4 heteroatoms. The van der Waals surface area contributed by atoms with Crippen LogP contribution in [0.3, 0.4) is 0 Å². The maximum atomic E-state index is 12.4. The summed E-state index contributed by atoms with van der Waals surface area (Å²) >= 11 is 0. The summed E-state index contributed by atoms with van der Waals surface area (Å²) in [5, 5.41) is 0. The first-order valence-electron chi connectivity index (χ1n) is 4.81. The minimum absolute atomic E-state index is 0. The van der Waals surface area contributed by atoms with Crippen LogP contribution >= 0.6 is 0 Å². The van der Waals surface area contributed by atoms with Crippen LogP contribution < -0.4 is 0 Å². The zero-order valence-electron chi connectivity index (χ0n) is 10.3. The molecule has 17 heavy (non-hydrogen) atoms. The fraction of sp³-hybridized carbons (Fsp3) is 0.154. The largest absolute Gasteiger partial charge is 0.358 e. The van der Waals surface area contributed by atoms with Gasteiger partial charge in [0.05, 0.1) is 0 Å². The van der Waals surface area contributed by atoms with Crippen molar-refractivity contribution in [2.45, 2.75) is 13.8 Å². The molecule has 0 fully saturated rings. The Morgan fingerprint density at radius 1 is 1.18 bits per heavy atom. The van der Waals surface area contributed by atoms with Crippen LogP contribution in [0.25, 0.3) is 11.3 Å². The molecule has 1 radical (unpaired) electrons. The van der Waals surface area contributed by atoms with E-state index in [4.69, 9.17) is 0 Å². The first-order valence-corrected chi connectivity index (χ1v) is 4.81. The summed E-state index contributed by atoms with van der Waals surface area (Å²) < 4.78 is 12.4. The van der Waals surface area contributed by atoms with E-state index in [0.717, 1.165) is 11.3 Å². The van der Waals surface area contributed by atoms with Gasteiger partial charge in [-0.25, -0.2) is 10.5 Å². The molecule has 2 rings (SSSR count). The summed E-state index contributed by atoms with van der Waals surface area (Å²) in [7, 11) is 0. The van der Waals surface area contributed by atoms with Crippen LogP contribution in [0.4, 0.5) is 4.39 Å². The Morgan fingerprint density at radius 2 is 1.88 bits per heavy atom. The average molecular weight is 307 g/mol. The molecule has 2 heterocycles. The Balaban J connectivity index is 0. The van der Waals surface area contributed by atoms with Gasteiger partial charge in [0, 0.05) is 38.9 Å². The summed E-state index contributed by atoms with van der Waals surface area (Å²) in [6.07, 6.45) is 3.12. The van der Waals surface area contributed by atoms with Crippen molar-refractivity contribution in [3.63, 3.8) is 0 Å². The van der Waals surface area contributed by atoms with Gasteiger partial charge in [-0.3, -0.25) is 9.97 Å². The molecule has 0 bridgehead atoms. The minimum Gasteiger partial charge on any atom is -0.358 e. The molecule has 0 saturated heterocycles. The standard InChI is InChI=1S/C10H6FN2.C2H6.CH3.Y/c11-10-5-4-8(7-13-10)9-3-1-2-6-12-9;1-2;;/h1-4,6-7H;1-2H3;1H3;/q-1;;-1;. The molecule has 2 aromatic rings. The molecule has 2 nitrogen and oxygen atoms in total. The van der Waals surface area contributed by atoms with Gasteiger partial charge in [0.1, 0.15) is 5.95 Å². The van der Waals surface area contributed by atoms with Crippen LogP contribution in [0.15, 0.2) is 36.7 Å². The molecule has 0 saturated carbocycles. The van der Waals surface area contributed by atoms with Crippen molar-refractivity contribution in [3.8, 4) is 11.3 Å². The molecule has 0 unspecified atom stereocenters. The minimum atomic E-state index is -0.598. The summed E-state index contributed by atoms with van der Waals surface area (Å²) in [4.78, 5) is 7.59. The SMILES string of the molecule is CC.Fc1[c-]cc(-c2ccccn2)cn1.[CH3-].[Y]. The van der Waals surface area contributed by atoms with Crippen LogP contribution in [-0.4, -0.2) is 9.97 Å². The number of halogens is 1. The van der Waals surface area contributed by atoms with E-state index >= 15 is 0 Å². The van der Waals surface area contributed by atoms with Crippen molar-refractivity contribution >= 4 is 0 Å². The van der Waals surface area contributed by atoms with E-state index in [2.05, 4.69) is 16.0 Å². The van der Waals surface area contributed by atoms with Gasteiger partial charge in [-0.2, -0.15) is 6.07 Å². The van der Waals surface area contributed by atoms with E-state index in [-0.39, 0.29) is 40.1 Å². The number of pyridine rings is 2. The fourth-order valence-electron chi connectivity index (χ4n) is 1.01. The van der Waals surface area contributed by atoms with Gasteiger partial charge in [-0.1, -0.05) is 26.0 Å². The average Bonchev–Trinajstić information content (AvgIpc) is 2.34. The molecule has 2 aromatic heterocycles. The molecule has 0 spiro atoms. The van der Waals surface area contributed by atoms with Crippen molar-refractivity contribution in [3.05, 3.63) is 56.1 Å². The molecule has 0 aliphatic rings. The van der Waals surface area contributed by atoms with Crippen LogP contribution in [0.5, 0.6) is 0 Å². The molecule has 0 atom stereocenters. The third kappa shape index (κ3) is 5.99. The van der Waals surface area contributed by atoms with Gasteiger partial charge in [0.25, 0.3) is 0 Å². The zero-order valence-corrected chi connectivity index (χ0v) is 13.2. The van der Waals surface area contributed by atoms with Crippen molar-refractivity contribution in [1.82, 2.24) is 9.97 Å². The van der Waals surface area contributed by atoms with Crippen molar-refractivity contribution in [2.24, 2.45) is 0 Å². The van der Waals surface area contributed by atoms with E-state index in [1.54, 1.807) is 6.20 Å². The number of aromatic nitrogens is 2. The van der Waals surface area contributed by atoms with E-state index in [1.807, 2.05) is 32.0 Å². The Morgan fingerprint density at radius 3 is 2.35 bits per heavy atom. The number of rotatable bonds is 1. The molecule has 0 amide bonds. The van der Waals surface area contributed by atoms with Crippen LogP contribution in [0.2, 0.25) is 0 Å². The molecule has 0 aliphatic heterocycles. The first-order chi connectivity index (χ1) is 7.36. The van der Waals surface area contributed by atoms with Gasteiger partial charge in [-0.05, 0) is 18.0 Å². The number of nitrogens with zero attached hydrogens (tertiary/aromatic N) is 2. The van der Waals surface area contributed by atoms with Crippen molar-refractivity contribution in [1.29, 1.82) is 0 Å². The maximum Gasteiger partial charge on any atom is 0.120 e. The van der Waals surface area contributed by atoms with Crippen LogP contribution in [-0.2, 0) is 32.7 Å². The monoisotopic (exact) mass is 307 g/mol. The van der Waals surface area contributed by atoms with E-state index in [9.17, 15) is 4.39 Å². The third-order valence-corrected chi connectivity index (χ3v) is 1.62. The van der Waals surface area contributed by atoms with Gasteiger partial charge < -0.3 is 7.43 Å². The first kappa shape index (κ1) is 18.7. The Hall–Kier alpha value is -0.666. The Kier molecular flexibility index (Phi) is 11.5. The second-order valence-corrected chi connectivity index (χ2v) is 2.51. The smallest absolute Gasteiger partial charge is 0.120 e. The topological polar surface area (TPSA) is 25.8 Å². The van der Waals surface area contributed by atoms with Crippen LogP contribution in [0, 0.1) is 19.4 Å². The predicted molar refractivity (Wildman–Crippen MR) is 64.0 cm³/mol. The van der Waals surface area contributed by atoms with E-state index in [0.29, 0.717) is 0 Å². The Labute approximate surface area is 128 Å². The van der Waals surface area contributed by atoms with Crippen molar-refractivity contribution in [2.75, 3.05) is 0 Å². The van der Waals surface area contributed by atoms with Crippen LogP contribution in [0.1, 0.15) is 13.8 Å². The van der Waals surface area contributed by atoms with Gasteiger partial charge in [-0.15, -0.1) is 5.56 Å². The Bertz CT molecular complexity index is 390. The normalized spacial score (nSPS) is 7.94. The van der Waals surface area contributed by atoms with Gasteiger partial charge >= 0.3 is 0 Å². The summed E-state index contributed by atoms with van der Waals surface area (Å²) in [6, 6.07) is 9.44. The van der Waals surface area contributed by atoms with E-state index in [1.165, 1.54) is 12.3 Å². The number of hydrogen-bond acceptors (Lipinski definition) is 2. The quantitative estimate of drug-likeness (QED) is 0.595. The number of hydrogen-bond donors (Lipinski definition) is 0. The molecule has 0 aromatic carbocycles. The van der Waals surface area contributed by atoms with Gasteiger partial charge in [0.15, 0.2) is 0 Å². The summed E-state index contributed by atoms with van der Waals surface area (Å²) in [6.45, 7) is 4.00. The fourth-order valence-corrected chi connectivity index (χ4v) is 1.01. The molecular formula is C13H15FN2Y-2. The van der Waals surface area contributed by atoms with Gasteiger partial charge in [0.2, 0.25) is 0 Å². The predicted octanol–water partition coefficient (Wildman–Crippen LogP) is 3.56. The molecule has 0 N–H and O–H groups in total. The maximum absolute atomic E-state index is 12.4. The molecular weight excluding hydrogens is 292 g/mol. The zero-order chi connectivity index (χ0) is 11.1. The second kappa shape index (κ2) is 10.5. The summed E-state index contributed by atoms with van der Waals surface area (Å²) in [5.41, 5.74) is 1.54. The summed E-state index contributed by atoms with van der Waals surface area (Å²) in [5.74, 6) is -0.598. The third-order valence-electron chi connectivity index (χ3n) is 1.62. The molecule has 0 aliphatic carbocycles.